The Morgan fingerprint density at radius 3 is 1.97 bits per heavy atom. The van der Waals surface area contributed by atoms with Crippen LogP contribution in [0.5, 0.6) is 0 Å². The van der Waals surface area contributed by atoms with Crippen LogP contribution in [0.3, 0.4) is 0 Å². The summed E-state index contributed by atoms with van der Waals surface area (Å²) in [6.07, 6.45) is 1.56. The van der Waals surface area contributed by atoms with Crippen molar-refractivity contribution in [3.63, 3.8) is 0 Å². The van der Waals surface area contributed by atoms with Gasteiger partial charge in [0.15, 0.2) is 0 Å². The Kier molecular flexibility index (Phi) is 10.6. The van der Waals surface area contributed by atoms with Crippen LogP contribution in [-0.4, -0.2) is 32.4 Å². The number of aryl methyl sites for hydroxylation is 1. The summed E-state index contributed by atoms with van der Waals surface area (Å²) in [4.78, 5) is 9.67. The van der Waals surface area contributed by atoms with E-state index in [-0.39, 0.29) is 32.3 Å². The summed E-state index contributed by atoms with van der Waals surface area (Å²) >= 11 is 0. The van der Waals surface area contributed by atoms with Gasteiger partial charge in [0.05, 0.1) is 23.6 Å². The van der Waals surface area contributed by atoms with Crippen molar-refractivity contribution in [2.75, 3.05) is 0 Å². The summed E-state index contributed by atoms with van der Waals surface area (Å²) in [6, 6.07) is 29.7. The molecule has 0 amide bonds. The van der Waals surface area contributed by atoms with Crippen LogP contribution in [0.4, 0.5) is 0 Å². The maximum atomic E-state index is 8.56. The van der Waals surface area contributed by atoms with Gasteiger partial charge in [-0.25, -0.2) is 0 Å². The third kappa shape index (κ3) is 7.99. The monoisotopic (exact) mass is 618 g/mol. The normalized spacial score (nSPS) is 12.0. The number of aliphatic hydroxyl groups is 2. The van der Waals surface area contributed by atoms with E-state index in [2.05, 4.69) is 49.4 Å². The molecule has 0 saturated carbocycles. The average molecular weight is 618 g/mol. The Labute approximate surface area is 209 Å². The van der Waals surface area contributed by atoms with E-state index in [1.165, 1.54) is 5.56 Å². The Morgan fingerprint density at radius 2 is 1.42 bits per heavy atom. The fraction of sp³-hybridized carbons (Fsp3) is 0.214. The Bertz CT molecular complexity index is 1090. The quantitative estimate of drug-likeness (QED) is 0.281. The van der Waals surface area contributed by atoms with E-state index in [9.17, 15) is 0 Å². The van der Waals surface area contributed by atoms with Crippen molar-refractivity contribution < 1.29 is 30.3 Å². The van der Waals surface area contributed by atoms with Gasteiger partial charge in [0.25, 0.3) is 0 Å². The molecule has 4 aromatic rings. The molecule has 0 spiro atoms. The Morgan fingerprint density at radius 1 is 0.788 bits per heavy atom. The molecule has 2 unspecified atom stereocenters. The number of benzene rings is 3. The van der Waals surface area contributed by atoms with E-state index >= 15 is 0 Å². The van der Waals surface area contributed by atoms with Gasteiger partial charge < -0.3 is 15.2 Å². The van der Waals surface area contributed by atoms with E-state index in [1.54, 1.807) is 13.8 Å². The van der Waals surface area contributed by atoms with Crippen molar-refractivity contribution in [3.8, 4) is 33.8 Å². The van der Waals surface area contributed by atoms with E-state index in [4.69, 9.17) is 20.2 Å². The van der Waals surface area contributed by atoms with Crippen molar-refractivity contribution in [2.24, 2.45) is 0 Å². The van der Waals surface area contributed by atoms with Crippen LogP contribution in [0.1, 0.15) is 25.8 Å². The summed E-state index contributed by atoms with van der Waals surface area (Å²) in [5.41, 5.74) is 6.90. The second-order valence-corrected chi connectivity index (χ2v) is 7.89. The van der Waals surface area contributed by atoms with Crippen LogP contribution in [0.15, 0.2) is 85.1 Å². The number of aromatic nitrogens is 2. The smallest absolute Gasteiger partial charge is 0.0873 e. The van der Waals surface area contributed by atoms with Crippen LogP contribution >= 0.6 is 0 Å². The fourth-order valence-electron chi connectivity index (χ4n) is 3.28. The van der Waals surface area contributed by atoms with Crippen molar-refractivity contribution >= 4 is 0 Å². The van der Waals surface area contributed by atoms with Gasteiger partial charge in [-0.1, -0.05) is 60.2 Å². The molecule has 0 fully saturated rings. The van der Waals surface area contributed by atoms with Gasteiger partial charge in [-0.05, 0) is 32.8 Å². The van der Waals surface area contributed by atoms with Gasteiger partial charge in [-0.2, -0.15) is 0 Å². The molecule has 1 heterocycles. The van der Waals surface area contributed by atoms with Crippen molar-refractivity contribution in [3.05, 3.63) is 96.7 Å². The predicted octanol–water partition coefficient (Wildman–Crippen LogP) is 5.72. The fourth-order valence-corrected chi connectivity index (χ4v) is 3.28. The molecule has 0 aliphatic rings. The second kappa shape index (κ2) is 13.1. The molecular formula is C28H29IrN2O2-. The molecule has 1 aromatic heterocycles. The molecule has 4 nitrogen and oxygen atoms in total. The zero-order valence-electron chi connectivity index (χ0n) is 19.1. The van der Waals surface area contributed by atoms with Crippen molar-refractivity contribution in [1.29, 1.82) is 0 Å². The van der Waals surface area contributed by atoms with Crippen LogP contribution in [0, 0.1) is 13.0 Å². The van der Waals surface area contributed by atoms with Gasteiger partial charge >= 0.3 is 0 Å². The summed E-state index contributed by atoms with van der Waals surface area (Å²) < 4.78 is 0. The number of nitrogens with zero attached hydrogens (tertiary/aromatic N) is 2. The molecule has 0 bridgehead atoms. The summed E-state index contributed by atoms with van der Waals surface area (Å²) in [7, 11) is 0. The van der Waals surface area contributed by atoms with Gasteiger partial charge in [0.1, 0.15) is 0 Å². The first-order valence-electron chi connectivity index (χ1n) is 10.8. The zero-order chi connectivity index (χ0) is 22.9. The Balaban J connectivity index is 0.000000423. The van der Waals surface area contributed by atoms with Gasteiger partial charge in [0.2, 0.25) is 0 Å². The third-order valence-corrected chi connectivity index (χ3v) is 4.81. The summed E-state index contributed by atoms with van der Waals surface area (Å²) in [6.45, 7) is 5.40. The first-order chi connectivity index (χ1) is 15.4. The molecule has 173 valence electrons. The second-order valence-electron chi connectivity index (χ2n) is 7.89. The zero-order valence-corrected chi connectivity index (χ0v) is 21.5. The maximum absolute atomic E-state index is 8.56. The average Bonchev–Trinajstić information content (AvgIpc) is 2.80. The molecule has 2 N–H and O–H groups in total. The van der Waals surface area contributed by atoms with E-state index in [0.717, 1.165) is 33.8 Å². The topological polar surface area (TPSA) is 66.2 Å². The number of hydrogen-bond donors (Lipinski definition) is 2. The minimum atomic E-state index is -0.375. The third-order valence-electron chi connectivity index (χ3n) is 4.81. The number of aliphatic hydroxyl groups excluding tert-OH is 2. The van der Waals surface area contributed by atoms with Crippen LogP contribution in [0.25, 0.3) is 33.8 Å². The van der Waals surface area contributed by atoms with E-state index in [0.29, 0.717) is 6.42 Å². The first-order valence-corrected chi connectivity index (χ1v) is 10.8. The van der Waals surface area contributed by atoms with Crippen LogP contribution in [-0.2, 0) is 20.1 Å². The van der Waals surface area contributed by atoms with Crippen LogP contribution < -0.4 is 0 Å². The molecule has 0 saturated heterocycles. The number of rotatable bonds is 5. The van der Waals surface area contributed by atoms with E-state index in [1.807, 2.05) is 48.7 Å². The molecule has 0 aliphatic carbocycles. The summed E-state index contributed by atoms with van der Waals surface area (Å²) in [5.74, 6) is 0. The van der Waals surface area contributed by atoms with Crippen LogP contribution in [0.2, 0.25) is 0 Å². The minimum absolute atomic E-state index is 0. The largest absolute Gasteiger partial charge is 0.393 e. The van der Waals surface area contributed by atoms with Crippen molar-refractivity contribution in [2.45, 2.75) is 39.4 Å². The minimum Gasteiger partial charge on any atom is -0.393 e. The van der Waals surface area contributed by atoms with Crippen molar-refractivity contribution in [1.82, 2.24) is 9.97 Å². The predicted molar refractivity (Wildman–Crippen MR) is 130 cm³/mol. The number of hydrogen-bond acceptors (Lipinski definition) is 4. The van der Waals surface area contributed by atoms with Gasteiger partial charge in [-0.15, -0.1) is 35.9 Å². The molecule has 4 rings (SSSR count). The molecule has 33 heavy (non-hydrogen) atoms. The Hall–Kier alpha value is -2.69. The van der Waals surface area contributed by atoms with Gasteiger partial charge in [-0.3, -0.25) is 4.98 Å². The maximum Gasteiger partial charge on any atom is 0.0873 e. The summed E-state index contributed by atoms with van der Waals surface area (Å²) in [5, 5.41) is 17.1. The molecule has 2 atom stereocenters. The van der Waals surface area contributed by atoms with E-state index < -0.39 is 0 Å². The SMILES string of the molecule is CC(O)CC(C)O.Cc1ccc(-c2nc(-c3ccccc3)cnc2-c2[c-]cccc2)cc1.[Ir]. The van der Waals surface area contributed by atoms with Gasteiger partial charge in [0, 0.05) is 37.6 Å². The first kappa shape index (κ1) is 26.6. The molecule has 1 radical (unpaired) electrons. The molecular weight excluding hydrogens is 589 g/mol. The molecule has 3 aromatic carbocycles. The molecule has 0 aliphatic heterocycles. The standard InChI is InChI=1S/C23H17N2.C5H12O2.Ir/c1-17-12-14-20(15-13-17)23-22(19-10-6-3-7-11-19)24-16-21(25-23)18-8-4-2-5-9-18;1-4(6)3-5(2)7;/h2-10,12-16H,1H3;4-7H,3H2,1-2H3;/q-1;;. The molecule has 5 heteroatoms.